The molecule has 0 aromatic carbocycles. The van der Waals surface area contributed by atoms with Crippen LogP contribution >= 0.6 is 0 Å². The summed E-state index contributed by atoms with van der Waals surface area (Å²) in [6.07, 6.45) is 2.15. The summed E-state index contributed by atoms with van der Waals surface area (Å²) >= 11 is 0. The average Bonchev–Trinajstić information content (AvgIpc) is 2.68. The van der Waals surface area contributed by atoms with E-state index in [9.17, 15) is 13.2 Å². The first-order valence-electron chi connectivity index (χ1n) is 6.11. The molecule has 0 saturated carbocycles. The molecule has 0 aliphatic carbocycles. The minimum Gasteiger partial charge on any atom is -0.363 e. The normalized spacial score (nSPS) is 33.2. The Labute approximate surface area is 108 Å². The van der Waals surface area contributed by atoms with Gasteiger partial charge in [0, 0.05) is 27.2 Å². The lowest BCUT2D eigenvalue weighted by Gasteiger charge is -2.32. The summed E-state index contributed by atoms with van der Waals surface area (Å²) in [6.45, 7) is 0.910. The molecule has 3 atom stereocenters. The third kappa shape index (κ3) is 2.67. The second-order valence-corrected chi connectivity index (χ2v) is 7.28. The molecule has 0 N–H and O–H groups in total. The number of hydrogen-bond acceptors (Lipinski definition) is 4. The van der Waals surface area contributed by atoms with Crippen molar-refractivity contribution in [3.8, 4) is 0 Å². The Morgan fingerprint density at radius 2 is 2.06 bits per heavy atom. The second kappa shape index (κ2) is 4.79. The van der Waals surface area contributed by atoms with E-state index in [1.54, 1.807) is 14.1 Å². The summed E-state index contributed by atoms with van der Waals surface area (Å²) in [7, 11) is 0.249. The number of carbonyl (C=O) groups excluding carboxylic acids is 1. The Morgan fingerprint density at radius 3 is 2.61 bits per heavy atom. The van der Waals surface area contributed by atoms with Crippen molar-refractivity contribution in [2.45, 2.75) is 25.0 Å². The predicted octanol–water partition coefficient (Wildman–Crippen LogP) is -0.486. The van der Waals surface area contributed by atoms with E-state index < -0.39 is 16.1 Å². The molecule has 7 heteroatoms. The second-order valence-electron chi connectivity index (χ2n) is 5.30. The van der Waals surface area contributed by atoms with Gasteiger partial charge in [-0.25, -0.2) is 8.42 Å². The molecule has 2 aliphatic rings. The summed E-state index contributed by atoms with van der Waals surface area (Å²) < 4.78 is 30.1. The molecule has 0 spiro atoms. The van der Waals surface area contributed by atoms with Gasteiger partial charge in [-0.3, -0.25) is 4.79 Å². The summed E-state index contributed by atoms with van der Waals surface area (Å²) in [5, 5.41) is 0. The number of ether oxygens (including phenoxy) is 1. The minimum absolute atomic E-state index is 0.0321. The lowest BCUT2D eigenvalue weighted by Crippen LogP contribution is -2.45. The molecule has 0 aromatic rings. The lowest BCUT2D eigenvalue weighted by atomic mass is 9.93. The SMILES string of the molecule is CN(C)C(=O)[C@@H]1C[C@H]2CCN(S(C)(=O)=O)C[C@H]2O1. The third-order valence-corrected chi connectivity index (χ3v) is 4.97. The van der Waals surface area contributed by atoms with E-state index in [0.29, 0.717) is 25.4 Å². The molecule has 0 radical (unpaired) electrons. The first-order valence-corrected chi connectivity index (χ1v) is 7.95. The van der Waals surface area contributed by atoms with Crippen LogP contribution in [0.5, 0.6) is 0 Å². The van der Waals surface area contributed by atoms with E-state index >= 15 is 0 Å². The molecule has 0 aromatic heterocycles. The summed E-state index contributed by atoms with van der Waals surface area (Å²) in [6, 6.07) is 0. The van der Waals surface area contributed by atoms with E-state index in [0.717, 1.165) is 6.42 Å². The maximum absolute atomic E-state index is 11.8. The number of amides is 1. The minimum atomic E-state index is -3.16. The van der Waals surface area contributed by atoms with Crippen LogP contribution in [0.15, 0.2) is 0 Å². The van der Waals surface area contributed by atoms with Crippen molar-refractivity contribution in [3.05, 3.63) is 0 Å². The molecule has 0 bridgehead atoms. The topological polar surface area (TPSA) is 66.9 Å². The maximum Gasteiger partial charge on any atom is 0.251 e. The van der Waals surface area contributed by atoms with Crippen molar-refractivity contribution >= 4 is 15.9 Å². The number of nitrogens with zero attached hydrogens (tertiary/aromatic N) is 2. The van der Waals surface area contributed by atoms with E-state index in [2.05, 4.69) is 0 Å². The van der Waals surface area contributed by atoms with E-state index in [-0.39, 0.29) is 12.0 Å². The maximum atomic E-state index is 11.8. The van der Waals surface area contributed by atoms with Gasteiger partial charge in [0.15, 0.2) is 0 Å². The van der Waals surface area contributed by atoms with E-state index in [1.165, 1.54) is 15.5 Å². The Bertz CT molecular complexity index is 434. The van der Waals surface area contributed by atoms with Gasteiger partial charge in [0.05, 0.1) is 12.4 Å². The van der Waals surface area contributed by atoms with Crippen LogP contribution in [-0.2, 0) is 19.6 Å². The highest BCUT2D eigenvalue weighted by Crippen LogP contribution is 2.34. The monoisotopic (exact) mass is 276 g/mol. The standard InChI is InChI=1S/C11H20N2O4S/c1-12(2)11(14)9-6-8-4-5-13(18(3,15)16)7-10(8)17-9/h8-10H,4-7H2,1-3H3/t8-,9+,10-/m1/s1. The molecule has 104 valence electrons. The Balaban J connectivity index is 2.02. The summed E-state index contributed by atoms with van der Waals surface area (Å²) in [4.78, 5) is 13.4. The molecular formula is C11H20N2O4S. The summed E-state index contributed by atoms with van der Waals surface area (Å²) in [5.41, 5.74) is 0. The zero-order valence-electron chi connectivity index (χ0n) is 11.0. The highest BCUT2D eigenvalue weighted by Gasteiger charge is 2.43. The van der Waals surface area contributed by atoms with Crippen molar-refractivity contribution in [1.82, 2.24) is 9.21 Å². The molecule has 0 unspecified atom stereocenters. The van der Waals surface area contributed by atoms with Crippen LogP contribution in [0.3, 0.4) is 0 Å². The third-order valence-electron chi connectivity index (χ3n) is 3.70. The number of piperidine rings is 1. The van der Waals surface area contributed by atoms with Gasteiger partial charge in [-0.1, -0.05) is 0 Å². The number of fused-ring (bicyclic) bond motifs is 1. The van der Waals surface area contributed by atoms with Crippen molar-refractivity contribution in [3.63, 3.8) is 0 Å². The van der Waals surface area contributed by atoms with Crippen LogP contribution in [0.4, 0.5) is 0 Å². The molecule has 2 saturated heterocycles. The molecule has 2 fully saturated rings. The fourth-order valence-electron chi connectivity index (χ4n) is 2.65. The molecular weight excluding hydrogens is 256 g/mol. The van der Waals surface area contributed by atoms with Crippen molar-refractivity contribution in [2.24, 2.45) is 5.92 Å². The van der Waals surface area contributed by atoms with Crippen LogP contribution in [0.25, 0.3) is 0 Å². The number of hydrogen-bond donors (Lipinski definition) is 0. The Kier molecular flexibility index (Phi) is 3.66. The van der Waals surface area contributed by atoms with Crippen molar-refractivity contribution in [1.29, 1.82) is 0 Å². The smallest absolute Gasteiger partial charge is 0.251 e. The van der Waals surface area contributed by atoms with E-state index in [4.69, 9.17) is 4.74 Å². The summed E-state index contributed by atoms with van der Waals surface area (Å²) in [5.74, 6) is 0.271. The molecule has 2 aliphatic heterocycles. The van der Waals surface area contributed by atoms with Gasteiger partial charge >= 0.3 is 0 Å². The molecule has 2 heterocycles. The van der Waals surface area contributed by atoms with Crippen LogP contribution < -0.4 is 0 Å². The zero-order chi connectivity index (χ0) is 13.5. The van der Waals surface area contributed by atoms with Gasteiger partial charge in [0.1, 0.15) is 6.10 Å². The Hall–Kier alpha value is -0.660. The van der Waals surface area contributed by atoms with Gasteiger partial charge in [-0.15, -0.1) is 0 Å². The van der Waals surface area contributed by atoms with Crippen molar-refractivity contribution < 1.29 is 17.9 Å². The van der Waals surface area contributed by atoms with Gasteiger partial charge < -0.3 is 9.64 Å². The van der Waals surface area contributed by atoms with Gasteiger partial charge in [0.2, 0.25) is 10.0 Å². The Morgan fingerprint density at radius 1 is 1.39 bits per heavy atom. The molecule has 6 nitrogen and oxygen atoms in total. The average molecular weight is 276 g/mol. The first-order chi connectivity index (χ1) is 8.29. The first kappa shape index (κ1) is 13.8. The number of rotatable bonds is 2. The largest absolute Gasteiger partial charge is 0.363 e. The van der Waals surface area contributed by atoms with Gasteiger partial charge in [-0.05, 0) is 18.8 Å². The molecule has 18 heavy (non-hydrogen) atoms. The highest BCUT2D eigenvalue weighted by molar-refractivity contribution is 7.88. The van der Waals surface area contributed by atoms with Crippen LogP contribution in [0.1, 0.15) is 12.8 Å². The van der Waals surface area contributed by atoms with Crippen LogP contribution in [0, 0.1) is 5.92 Å². The van der Waals surface area contributed by atoms with Gasteiger partial charge in [-0.2, -0.15) is 4.31 Å². The van der Waals surface area contributed by atoms with Crippen LogP contribution in [-0.4, -0.2) is 69.2 Å². The number of sulfonamides is 1. The lowest BCUT2D eigenvalue weighted by molar-refractivity contribution is -0.140. The van der Waals surface area contributed by atoms with Gasteiger partial charge in [0.25, 0.3) is 5.91 Å². The predicted molar refractivity (Wildman–Crippen MR) is 66.5 cm³/mol. The quantitative estimate of drug-likeness (QED) is 0.683. The van der Waals surface area contributed by atoms with E-state index in [1.807, 2.05) is 0 Å². The number of likely N-dealkylation sites (N-methyl/N-ethyl adjacent to an activating group) is 1. The molecule has 2 rings (SSSR count). The fraction of sp³-hybridized carbons (Fsp3) is 0.909. The van der Waals surface area contributed by atoms with Crippen molar-refractivity contribution in [2.75, 3.05) is 33.4 Å². The fourth-order valence-corrected chi connectivity index (χ4v) is 3.51. The molecule has 1 amide bonds. The zero-order valence-corrected chi connectivity index (χ0v) is 11.8. The highest BCUT2D eigenvalue weighted by atomic mass is 32.2. The number of carbonyl (C=O) groups is 1. The van der Waals surface area contributed by atoms with Crippen LogP contribution in [0.2, 0.25) is 0 Å².